The quantitative estimate of drug-likeness (QED) is 0.0907. The summed E-state index contributed by atoms with van der Waals surface area (Å²) in [5, 5.41) is 73.5. The monoisotopic (exact) mass is 806 g/mol. The number of allylic oxidation sites excluding steroid dienone is 2. The molecule has 2 aliphatic heterocycles. The van der Waals surface area contributed by atoms with Gasteiger partial charge in [0.05, 0.1) is 25.4 Å². The van der Waals surface area contributed by atoms with Crippen molar-refractivity contribution < 1.29 is 69.0 Å². The Bertz CT molecular complexity index is 1570. The summed E-state index contributed by atoms with van der Waals surface area (Å²) in [6.45, 7) is 13.3. The van der Waals surface area contributed by atoms with Gasteiger partial charge in [-0.2, -0.15) is 0 Å². The fourth-order valence-electron chi connectivity index (χ4n) is 12.4. The summed E-state index contributed by atoms with van der Waals surface area (Å²) in [6, 6.07) is 0. The van der Waals surface area contributed by atoms with E-state index < -0.39 is 92.0 Å². The molecule has 0 aromatic rings. The second-order valence-electron chi connectivity index (χ2n) is 18.7. The molecule has 322 valence electrons. The highest BCUT2D eigenvalue weighted by Gasteiger charge is 2.71. The van der Waals surface area contributed by atoms with Crippen molar-refractivity contribution in [2.45, 2.75) is 167 Å². The first-order valence-electron chi connectivity index (χ1n) is 20.8. The van der Waals surface area contributed by atoms with E-state index in [1.54, 1.807) is 12.2 Å². The molecule has 0 amide bonds. The van der Waals surface area contributed by atoms with Crippen molar-refractivity contribution in [2.24, 2.45) is 39.9 Å². The zero-order valence-corrected chi connectivity index (χ0v) is 34.5. The zero-order chi connectivity index (χ0) is 41.8. The summed E-state index contributed by atoms with van der Waals surface area (Å²) >= 11 is 0. The third-order valence-corrected chi connectivity index (χ3v) is 15.3. The number of ether oxygens (including phenoxy) is 5. The van der Waals surface area contributed by atoms with Crippen molar-refractivity contribution in [3.63, 3.8) is 0 Å². The van der Waals surface area contributed by atoms with Crippen LogP contribution in [0.2, 0.25) is 0 Å². The van der Waals surface area contributed by atoms with Crippen LogP contribution >= 0.6 is 0 Å². The smallest absolute Gasteiger partial charge is 0.331 e. The van der Waals surface area contributed by atoms with Crippen LogP contribution in [0.3, 0.4) is 0 Å². The molecule has 1 saturated heterocycles. The summed E-state index contributed by atoms with van der Waals surface area (Å²) in [4.78, 5) is 25.4. The molecule has 18 atom stereocenters. The lowest BCUT2D eigenvalue weighted by atomic mass is 9.36. The van der Waals surface area contributed by atoms with E-state index in [-0.39, 0.29) is 40.6 Å². The van der Waals surface area contributed by atoms with Crippen LogP contribution in [0.15, 0.2) is 34.9 Å². The van der Waals surface area contributed by atoms with Crippen LogP contribution in [0.25, 0.3) is 0 Å². The van der Waals surface area contributed by atoms with Gasteiger partial charge < -0.3 is 59.4 Å². The number of carbonyl (C=O) groups is 2. The number of aliphatic hydroxyl groups is 6. The minimum absolute atomic E-state index is 0.0835. The molecular formula is C43H66O14. The zero-order valence-electron chi connectivity index (χ0n) is 34.5. The Labute approximate surface area is 335 Å². The average molecular weight is 807 g/mol. The van der Waals surface area contributed by atoms with Crippen LogP contribution in [0.1, 0.15) is 99.8 Å². The summed E-state index contributed by atoms with van der Waals surface area (Å²) in [7, 11) is 0. The number of fused-ring (bicyclic) bond motifs is 5. The van der Waals surface area contributed by atoms with E-state index in [4.69, 9.17) is 23.7 Å². The van der Waals surface area contributed by atoms with Gasteiger partial charge in [0.15, 0.2) is 12.6 Å². The molecule has 4 saturated carbocycles. The van der Waals surface area contributed by atoms with E-state index in [9.17, 15) is 45.3 Å². The maximum Gasteiger partial charge on any atom is 0.331 e. The van der Waals surface area contributed by atoms with Gasteiger partial charge in [-0.25, -0.2) is 4.79 Å². The molecule has 57 heavy (non-hydrogen) atoms. The first kappa shape index (κ1) is 44.3. The van der Waals surface area contributed by atoms with E-state index in [0.717, 1.165) is 24.8 Å². The number of aliphatic hydroxyl groups excluding tert-OH is 6. The van der Waals surface area contributed by atoms with Crippen LogP contribution in [-0.4, -0.2) is 128 Å². The summed E-state index contributed by atoms with van der Waals surface area (Å²) in [5.41, 5.74) is 0.998. The van der Waals surface area contributed by atoms with Crippen LogP contribution in [-0.2, 0) is 33.3 Å². The molecule has 0 spiro atoms. The molecule has 3 unspecified atom stereocenters. The standard InChI is InChI=1S/C43H66O14/c1-21(2)9-8-10-24(39(51)52)34-26-17-27(47)38-41(5)15-14-28(22(3)25(41)13-16-42(38,6)43(26,7)18-30(34)53-23(4)46)54-33-12-11-29(31(19-44)55-33)56-40-37(50)36(49)35(48)32(20-45)57-40/h9,11-12,22,25-33,35-38,40,44-45,47-50H,8,10,13-20H2,1-7H3,(H,51,52)/b34-24+/t22-,25-,26-,27?,28+,29-,30-,31+,32+,33?,35-,36-,37+,38?,40+,41-,42-,43-/m0/s1. The summed E-state index contributed by atoms with van der Waals surface area (Å²) in [6.07, 6.45) is -1.09. The van der Waals surface area contributed by atoms with Gasteiger partial charge in [0.25, 0.3) is 0 Å². The van der Waals surface area contributed by atoms with Crippen molar-refractivity contribution in [3.8, 4) is 0 Å². The Morgan fingerprint density at radius 2 is 1.60 bits per heavy atom. The van der Waals surface area contributed by atoms with Gasteiger partial charge in [-0.3, -0.25) is 4.79 Å². The molecular weight excluding hydrogens is 740 g/mol. The lowest BCUT2D eigenvalue weighted by molar-refractivity contribution is -0.321. The predicted octanol–water partition coefficient (Wildman–Crippen LogP) is 3.15. The van der Waals surface area contributed by atoms with Crippen molar-refractivity contribution >= 4 is 11.9 Å². The lowest BCUT2D eigenvalue weighted by Gasteiger charge is -2.69. The Balaban J connectivity index is 1.19. The maximum atomic E-state index is 12.9. The molecule has 0 aromatic heterocycles. The minimum atomic E-state index is -1.61. The van der Waals surface area contributed by atoms with E-state index in [1.165, 1.54) is 6.92 Å². The second-order valence-corrected chi connectivity index (χ2v) is 18.7. The SMILES string of the molecule is CC(=O)O[C@H]1C[C@@]2(C)[C@@H](CC(O)C3[C@]2(C)CC[C@H]2[C@H](C)[C@H](OC4C=C[C@H](O[C@@H]5O[C@H](CO)[C@H](O)[C@H](O)[C@H]5O)[C@@H](CO)O4)CC[C@]32C)/C1=C(/CCC=C(C)C)C(=O)O. The van der Waals surface area contributed by atoms with Crippen molar-refractivity contribution in [2.75, 3.05) is 13.2 Å². The predicted molar refractivity (Wildman–Crippen MR) is 205 cm³/mol. The number of carbonyl (C=O) groups excluding carboxylic acids is 1. The van der Waals surface area contributed by atoms with Crippen LogP contribution in [0.4, 0.5) is 0 Å². The molecule has 6 aliphatic rings. The van der Waals surface area contributed by atoms with Crippen LogP contribution < -0.4 is 0 Å². The van der Waals surface area contributed by atoms with Gasteiger partial charge >= 0.3 is 11.9 Å². The fraction of sp³-hybridized carbons (Fsp3) is 0.814. The number of hydrogen-bond acceptors (Lipinski definition) is 13. The number of carboxylic acid groups (broad SMARTS) is 1. The Morgan fingerprint density at radius 3 is 2.23 bits per heavy atom. The number of carboxylic acids is 1. The fourth-order valence-corrected chi connectivity index (χ4v) is 12.4. The van der Waals surface area contributed by atoms with Gasteiger partial charge in [-0.05, 0) is 117 Å². The number of hydrogen-bond donors (Lipinski definition) is 7. The first-order chi connectivity index (χ1) is 26.8. The number of rotatable bonds is 11. The highest BCUT2D eigenvalue weighted by Crippen LogP contribution is 2.74. The molecule has 2 heterocycles. The molecule has 0 aromatic carbocycles. The van der Waals surface area contributed by atoms with Gasteiger partial charge in [-0.1, -0.05) is 45.4 Å². The molecule has 14 heteroatoms. The molecule has 0 radical (unpaired) electrons. The molecule has 0 bridgehead atoms. The summed E-state index contributed by atoms with van der Waals surface area (Å²) < 4.78 is 30.0. The van der Waals surface area contributed by atoms with Crippen molar-refractivity contribution in [1.82, 2.24) is 0 Å². The lowest BCUT2D eigenvalue weighted by Crippen LogP contribution is -2.65. The van der Waals surface area contributed by atoms with Gasteiger partial charge in [0, 0.05) is 12.5 Å². The van der Waals surface area contributed by atoms with Gasteiger partial charge in [-0.15, -0.1) is 0 Å². The van der Waals surface area contributed by atoms with Crippen molar-refractivity contribution in [3.05, 3.63) is 34.9 Å². The largest absolute Gasteiger partial charge is 0.478 e. The Hall–Kier alpha value is -2.24. The normalized spacial score (nSPS) is 47.6. The molecule has 4 aliphatic carbocycles. The van der Waals surface area contributed by atoms with Crippen molar-refractivity contribution in [1.29, 1.82) is 0 Å². The molecule has 14 nitrogen and oxygen atoms in total. The number of aliphatic carboxylic acids is 1. The van der Waals surface area contributed by atoms with E-state index in [1.807, 2.05) is 19.9 Å². The third-order valence-electron chi connectivity index (χ3n) is 15.3. The van der Waals surface area contributed by atoms with Crippen LogP contribution in [0, 0.1) is 39.9 Å². The third kappa shape index (κ3) is 7.93. The van der Waals surface area contributed by atoms with Gasteiger partial charge in [0.2, 0.25) is 0 Å². The van der Waals surface area contributed by atoms with E-state index >= 15 is 0 Å². The second kappa shape index (κ2) is 17.0. The first-order valence-corrected chi connectivity index (χ1v) is 20.8. The van der Waals surface area contributed by atoms with Gasteiger partial charge in [0.1, 0.15) is 42.7 Å². The summed E-state index contributed by atoms with van der Waals surface area (Å²) in [5.74, 6) is -1.51. The van der Waals surface area contributed by atoms with E-state index in [2.05, 4.69) is 27.7 Å². The molecule has 7 N–H and O–H groups in total. The highest BCUT2D eigenvalue weighted by atomic mass is 16.7. The van der Waals surface area contributed by atoms with E-state index in [0.29, 0.717) is 43.3 Å². The topological polar surface area (TPSA) is 222 Å². The maximum absolute atomic E-state index is 12.9. The molecule has 6 rings (SSSR count). The Kier molecular flexibility index (Phi) is 13.2. The minimum Gasteiger partial charge on any atom is -0.478 e. The van der Waals surface area contributed by atoms with Crippen LogP contribution in [0.5, 0.6) is 0 Å². The highest BCUT2D eigenvalue weighted by molar-refractivity contribution is 5.88. The average Bonchev–Trinajstić information content (AvgIpc) is 3.42. The number of esters is 1. The Morgan fingerprint density at radius 1 is 0.895 bits per heavy atom. The molecule has 5 fully saturated rings.